The minimum absolute atomic E-state index is 0.206. The van der Waals surface area contributed by atoms with Crippen LogP contribution in [0.5, 0.6) is 0 Å². The fraction of sp³-hybridized carbons (Fsp3) is 0.529. The molecule has 1 aliphatic heterocycles. The van der Waals surface area contributed by atoms with Gasteiger partial charge in [-0.15, -0.1) is 0 Å². The van der Waals surface area contributed by atoms with Gasteiger partial charge in [0.05, 0.1) is 0 Å². The van der Waals surface area contributed by atoms with E-state index in [2.05, 4.69) is 0 Å². The van der Waals surface area contributed by atoms with Gasteiger partial charge in [0.15, 0.2) is 0 Å². The predicted molar refractivity (Wildman–Crippen MR) is 82.2 cm³/mol. The van der Waals surface area contributed by atoms with E-state index >= 15 is 0 Å². The zero-order valence-corrected chi connectivity index (χ0v) is 13.4. The summed E-state index contributed by atoms with van der Waals surface area (Å²) >= 11 is 0. The minimum Gasteiger partial charge on any atom is -0.458 e. The van der Waals surface area contributed by atoms with Crippen LogP contribution in [0, 0.1) is 0 Å². The topological polar surface area (TPSA) is 55.8 Å². The molecule has 0 bridgehead atoms. The van der Waals surface area contributed by atoms with Crippen LogP contribution < -0.4 is 0 Å². The van der Waals surface area contributed by atoms with Crippen LogP contribution in [0.25, 0.3) is 0 Å². The molecule has 1 fully saturated rings. The molecule has 5 heteroatoms. The third-order valence-corrected chi connectivity index (χ3v) is 3.37. The summed E-state index contributed by atoms with van der Waals surface area (Å²) in [5, 5.41) is 0. The maximum absolute atomic E-state index is 12.2. The summed E-state index contributed by atoms with van der Waals surface area (Å²) in [6.45, 7) is 6.18. The molecule has 0 aromatic heterocycles. The van der Waals surface area contributed by atoms with E-state index in [-0.39, 0.29) is 12.6 Å². The van der Waals surface area contributed by atoms with E-state index < -0.39 is 17.7 Å². The number of rotatable bonds is 3. The molecule has 1 aliphatic rings. The van der Waals surface area contributed by atoms with Crippen molar-refractivity contribution in [2.75, 3.05) is 6.54 Å². The van der Waals surface area contributed by atoms with E-state index in [0.717, 1.165) is 12.0 Å². The molecule has 1 amide bonds. The van der Waals surface area contributed by atoms with Crippen molar-refractivity contribution in [1.82, 2.24) is 4.90 Å². The van der Waals surface area contributed by atoms with E-state index in [4.69, 9.17) is 9.47 Å². The Morgan fingerprint density at radius 3 is 2.55 bits per heavy atom. The highest BCUT2D eigenvalue weighted by Gasteiger charge is 2.37. The van der Waals surface area contributed by atoms with E-state index in [1.54, 1.807) is 0 Å². The van der Waals surface area contributed by atoms with Crippen molar-refractivity contribution in [3.63, 3.8) is 0 Å². The van der Waals surface area contributed by atoms with E-state index in [1.165, 1.54) is 4.90 Å². The molecule has 120 valence electrons. The van der Waals surface area contributed by atoms with Crippen LogP contribution in [0.4, 0.5) is 4.79 Å². The van der Waals surface area contributed by atoms with Crippen molar-refractivity contribution in [2.45, 2.75) is 51.9 Å². The second-order valence-corrected chi connectivity index (χ2v) is 6.43. The Bertz CT molecular complexity index is 521. The lowest BCUT2D eigenvalue weighted by Gasteiger charge is -2.26. The van der Waals surface area contributed by atoms with Crippen molar-refractivity contribution < 1.29 is 19.1 Å². The lowest BCUT2D eigenvalue weighted by atomic mass is 10.1. The molecule has 1 aromatic rings. The quantitative estimate of drug-likeness (QED) is 0.805. The number of benzene rings is 1. The van der Waals surface area contributed by atoms with Crippen LogP contribution in [0.1, 0.15) is 39.2 Å². The van der Waals surface area contributed by atoms with Crippen molar-refractivity contribution in [3.8, 4) is 0 Å². The standard InChI is InChI=1S/C17H23NO4/c1-17(2,3)22-15(19)14-10-7-11-18(14)16(20)21-12-13-8-5-4-6-9-13/h4-6,8-9,14H,7,10-12H2,1-3H3/t14-/m1/s1. The Morgan fingerprint density at radius 1 is 1.23 bits per heavy atom. The number of esters is 1. The summed E-state index contributed by atoms with van der Waals surface area (Å²) in [5.41, 5.74) is 0.364. The number of amides is 1. The summed E-state index contributed by atoms with van der Waals surface area (Å²) in [6, 6.07) is 8.93. The molecule has 1 saturated heterocycles. The van der Waals surface area contributed by atoms with Gasteiger partial charge >= 0.3 is 12.1 Å². The summed E-state index contributed by atoms with van der Waals surface area (Å²) in [7, 11) is 0. The lowest BCUT2D eigenvalue weighted by Crippen LogP contribution is -2.43. The van der Waals surface area contributed by atoms with Gasteiger partial charge < -0.3 is 9.47 Å². The predicted octanol–water partition coefficient (Wildman–Crippen LogP) is 3.13. The van der Waals surface area contributed by atoms with Crippen LogP contribution in [0.3, 0.4) is 0 Å². The summed E-state index contributed by atoms with van der Waals surface area (Å²) < 4.78 is 10.7. The second kappa shape index (κ2) is 6.81. The smallest absolute Gasteiger partial charge is 0.410 e. The van der Waals surface area contributed by atoms with E-state index in [1.807, 2.05) is 51.1 Å². The van der Waals surface area contributed by atoms with Crippen LogP contribution >= 0.6 is 0 Å². The monoisotopic (exact) mass is 305 g/mol. The maximum Gasteiger partial charge on any atom is 0.410 e. The highest BCUT2D eigenvalue weighted by Crippen LogP contribution is 2.22. The molecule has 0 unspecified atom stereocenters. The van der Waals surface area contributed by atoms with Gasteiger partial charge in [-0.2, -0.15) is 0 Å². The van der Waals surface area contributed by atoms with Gasteiger partial charge in [0.2, 0.25) is 0 Å². The number of ether oxygens (including phenoxy) is 2. The number of likely N-dealkylation sites (tertiary alicyclic amines) is 1. The number of carbonyl (C=O) groups is 2. The lowest BCUT2D eigenvalue weighted by molar-refractivity contribution is -0.159. The molecule has 5 nitrogen and oxygen atoms in total. The first-order valence-corrected chi connectivity index (χ1v) is 7.57. The van der Waals surface area contributed by atoms with Gasteiger partial charge in [0.1, 0.15) is 18.2 Å². The first kappa shape index (κ1) is 16.3. The largest absolute Gasteiger partial charge is 0.458 e. The number of hydrogen-bond donors (Lipinski definition) is 0. The van der Waals surface area contributed by atoms with Crippen LogP contribution in [-0.2, 0) is 20.9 Å². The summed E-state index contributed by atoms with van der Waals surface area (Å²) in [5.74, 6) is -0.360. The highest BCUT2D eigenvalue weighted by molar-refractivity contribution is 5.82. The molecule has 0 spiro atoms. The average Bonchev–Trinajstić information content (AvgIpc) is 2.93. The van der Waals surface area contributed by atoms with Crippen LogP contribution in [0.15, 0.2) is 30.3 Å². The van der Waals surface area contributed by atoms with Gasteiger partial charge in [-0.3, -0.25) is 4.90 Å². The van der Waals surface area contributed by atoms with Gasteiger partial charge in [-0.1, -0.05) is 30.3 Å². The molecule has 0 saturated carbocycles. The molecule has 2 rings (SSSR count). The Labute approximate surface area is 131 Å². The Morgan fingerprint density at radius 2 is 1.91 bits per heavy atom. The number of carbonyl (C=O) groups excluding carboxylic acids is 2. The summed E-state index contributed by atoms with van der Waals surface area (Å²) in [6.07, 6.45) is 0.942. The first-order valence-electron chi connectivity index (χ1n) is 7.57. The van der Waals surface area contributed by atoms with Crippen molar-refractivity contribution in [2.24, 2.45) is 0 Å². The van der Waals surface area contributed by atoms with Crippen molar-refractivity contribution >= 4 is 12.1 Å². The van der Waals surface area contributed by atoms with E-state index in [0.29, 0.717) is 13.0 Å². The van der Waals surface area contributed by atoms with Gasteiger partial charge in [0.25, 0.3) is 0 Å². The van der Waals surface area contributed by atoms with Gasteiger partial charge in [-0.05, 0) is 39.2 Å². The molecule has 1 aromatic carbocycles. The molecule has 22 heavy (non-hydrogen) atoms. The molecule has 0 N–H and O–H groups in total. The second-order valence-electron chi connectivity index (χ2n) is 6.43. The first-order chi connectivity index (χ1) is 10.4. The maximum atomic E-state index is 12.2. The van der Waals surface area contributed by atoms with Crippen molar-refractivity contribution in [3.05, 3.63) is 35.9 Å². The normalized spacial score (nSPS) is 18.1. The fourth-order valence-electron chi connectivity index (χ4n) is 2.40. The third kappa shape index (κ3) is 4.48. The zero-order valence-electron chi connectivity index (χ0n) is 13.4. The third-order valence-electron chi connectivity index (χ3n) is 3.37. The Balaban J connectivity index is 1.92. The minimum atomic E-state index is -0.556. The van der Waals surface area contributed by atoms with Crippen LogP contribution in [-0.4, -0.2) is 35.2 Å². The Hall–Kier alpha value is -2.04. The van der Waals surface area contributed by atoms with E-state index in [9.17, 15) is 9.59 Å². The molecule has 1 atom stereocenters. The van der Waals surface area contributed by atoms with Crippen LogP contribution in [0.2, 0.25) is 0 Å². The summed E-state index contributed by atoms with van der Waals surface area (Å²) in [4.78, 5) is 25.8. The average molecular weight is 305 g/mol. The SMILES string of the molecule is CC(C)(C)OC(=O)[C@H]1CCCN1C(=O)OCc1ccccc1. The van der Waals surface area contributed by atoms with Gasteiger partial charge in [-0.25, -0.2) is 9.59 Å². The Kier molecular flexibility index (Phi) is 5.06. The molecular weight excluding hydrogens is 282 g/mol. The molecule has 1 heterocycles. The molecule has 0 aliphatic carbocycles. The zero-order chi connectivity index (χ0) is 16.2. The van der Waals surface area contributed by atoms with Gasteiger partial charge in [0, 0.05) is 6.54 Å². The van der Waals surface area contributed by atoms with Crippen molar-refractivity contribution in [1.29, 1.82) is 0 Å². The highest BCUT2D eigenvalue weighted by atomic mass is 16.6. The molecular formula is C17H23NO4. The molecule has 0 radical (unpaired) electrons. The number of hydrogen-bond acceptors (Lipinski definition) is 4. The number of nitrogens with zero attached hydrogens (tertiary/aromatic N) is 1. The fourth-order valence-corrected chi connectivity index (χ4v) is 2.40.